The number of esters is 1. The van der Waals surface area contributed by atoms with Crippen molar-refractivity contribution in [1.29, 1.82) is 0 Å². The monoisotopic (exact) mass is 223 g/mol. The smallest absolute Gasteiger partial charge is 0.339 e. The third-order valence-corrected chi connectivity index (χ3v) is 2.87. The summed E-state index contributed by atoms with van der Waals surface area (Å²) in [5.41, 5.74) is 3.59. The Hall–Kier alpha value is -2.09. The molecule has 0 spiro atoms. The van der Waals surface area contributed by atoms with Gasteiger partial charge in [0.1, 0.15) is 0 Å². The Balaban J connectivity index is 2.13. The van der Waals surface area contributed by atoms with E-state index in [1.807, 2.05) is 55.5 Å². The number of benzene rings is 2. The fourth-order valence-corrected chi connectivity index (χ4v) is 2.03. The van der Waals surface area contributed by atoms with Gasteiger partial charge in [0, 0.05) is 11.1 Å². The average molecular weight is 223 g/mol. The van der Waals surface area contributed by atoms with Crippen molar-refractivity contribution in [3.8, 4) is 0 Å². The van der Waals surface area contributed by atoms with Gasteiger partial charge in [-0.2, -0.15) is 0 Å². The Morgan fingerprint density at radius 1 is 0.941 bits per heavy atom. The van der Waals surface area contributed by atoms with Crippen LogP contribution in [-0.4, -0.2) is 5.97 Å². The number of hydrogen-bond donors (Lipinski definition) is 0. The Labute approximate surface area is 99.9 Å². The first-order valence-corrected chi connectivity index (χ1v) is 5.51. The highest BCUT2D eigenvalue weighted by Gasteiger charge is 2.33. The van der Waals surface area contributed by atoms with Crippen LogP contribution < -0.4 is 0 Å². The number of rotatable bonds is 1. The zero-order valence-electron chi connectivity index (χ0n) is 9.44. The average Bonchev–Trinajstić information content (AvgIpc) is 2.67. The summed E-state index contributed by atoms with van der Waals surface area (Å²) < 4.78 is 5.35. The number of aryl methyl sites for hydroxylation is 1. The first kappa shape index (κ1) is 10.1. The highest BCUT2D eigenvalue weighted by atomic mass is 16.5. The number of hydrogen-bond acceptors (Lipinski definition) is 2. The van der Waals surface area contributed by atoms with E-state index in [9.17, 15) is 4.79 Å². The predicted molar refractivity (Wildman–Crippen MR) is 64.5 cm³/mol. The van der Waals surface area contributed by atoms with E-state index in [0.717, 1.165) is 16.7 Å². The van der Waals surface area contributed by atoms with Crippen LogP contribution in [0.2, 0.25) is 0 Å². The van der Waals surface area contributed by atoms with Crippen LogP contribution >= 0.6 is 0 Å². The van der Waals surface area contributed by atoms with Crippen molar-refractivity contribution in [3.63, 3.8) is 0 Å². The van der Waals surface area contributed by atoms with Gasteiger partial charge in [0.25, 0.3) is 0 Å². The van der Waals surface area contributed by atoms with Gasteiger partial charge in [-0.15, -0.1) is 0 Å². The second kappa shape index (κ2) is 3.74. The van der Waals surface area contributed by atoms with Crippen molar-refractivity contribution in [2.45, 2.75) is 6.92 Å². The molecule has 0 aliphatic carbocycles. The number of cyclic esters (lactones) is 1. The molecule has 17 heavy (non-hydrogen) atoms. The molecule has 1 heterocycles. The standard InChI is InChI=1S/C15H11O2/c1-10-7-8-12-13(9-10)14(17-15(12)16)11-5-3-2-4-6-11/h2-9H,1H3. The van der Waals surface area contributed by atoms with E-state index in [-0.39, 0.29) is 5.97 Å². The van der Waals surface area contributed by atoms with Gasteiger partial charge < -0.3 is 4.74 Å². The first-order valence-electron chi connectivity index (χ1n) is 5.51. The zero-order chi connectivity index (χ0) is 11.8. The molecule has 1 aliphatic heterocycles. The highest BCUT2D eigenvalue weighted by Crippen LogP contribution is 2.35. The molecule has 0 saturated heterocycles. The number of fused-ring (bicyclic) bond motifs is 1. The fraction of sp³-hybridized carbons (Fsp3) is 0.0667. The second-order valence-corrected chi connectivity index (χ2v) is 4.13. The summed E-state index contributed by atoms with van der Waals surface area (Å²) in [4.78, 5) is 11.7. The van der Waals surface area contributed by atoms with Gasteiger partial charge in [0.15, 0.2) is 0 Å². The molecule has 2 nitrogen and oxygen atoms in total. The summed E-state index contributed by atoms with van der Waals surface area (Å²) in [5, 5.41) is 0. The molecule has 0 aromatic heterocycles. The lowest BCUT2D eigenvalue weighted by Gasteiger charge is -2.09. The summed E-state index contributed by atoms with van der Waals surface area (Å²) >= 11 is 0. The third-order valence-electron chi connectivity index (χ3n) is 2.87. The van der Waals surface area contributed by atoms with E-state index in [0.29, 0.717) is 11.7 Å². The van der Waals surface area contributed by atoms with Crippen LogP contribution in [0.5, 0.6) is 0 Å². The van der Waals surface area contributed by atoms with Crippen molar-refractivity contribution >= 4 is 5.97 Å². The van der Waals surface area contributed by atoms with Crippen LogP contribution in [0.25, 0.3) is 0 Å². The lowest BCUT2D eigenvalue weighted by atomic mass is 9.98. The maximum absolute atomic E-state index is 11.7. The molecule has 2 aromatic rings. The summed E-state index contributed by atoms with van der Waals surface area (Å²) in [5.74, 6) is -0.265. The summed E-state index contributed by atoms with van der Waals surface area (Å²) in [6.07, 6.45) is 0.661. The largest absolute Gasteiger partial charge is 0.440 e. The van der Waals surface area contributed by atoms with Crippen LogP contribution in [0.15, 0.2) is 48.5 Å². The Morgan fingerprint density at radius 3 is 2.47 bits per heavy atom. The third kappa shape index (κ3) is 1.62. The molecule has 0 amide bonds. The molecule has 0 N–H and O–H groups in total. The molecule has 1 radical (unpaired) electrons. The second-order valence-electron chi connectivity index (χ2n) is 4.13. The molecule has 1 aliphatic rings. The SMILES string of the molecule is Cc1ccc2c(c1)[C](c1ccccc1)OC2=O. The van der Waals surface area contributed by atoms with Crippen molar-refractivity contribution in [3.05, 3.63) is 76.9 Å². The zero-order valence-corrected chi connectivity index (χ0v) is 9.44. The molecular formula is C15H11O2. The van der Waals surface area contributed by atoms with E-state index < -0.39 is 0 Å². The first-order chi connectivity index (χ1) is 8.25. The predicted octanol–water partition coefficient (Wildman–Crippen LogP) is 3.09. The summed E-state index contributed by atoms with van der Waals surface area (Å²) in [6, 6.07) is 15.4. The summed E-state index contributed by atoms with van der Waals surface area (Å²) in [6.45, 7) is 2.01. The van der Waals surface area contributed by atoms with E-state index in [1.54, 1.807) is 0 Å². The van der Waals surface area contributed by atoms with Crippen molar-refractivity contribution < 1.29 is 9.53 Å². The molecule has 0 saturated carbocycles. The van der Waals surface area contributed by atoms with Gasteiger partial charge >= 0.3 is 5.97 Å². The maximum Gasteiger partial charge on any atom is 0.339 e. The minimum atomic E-state index is -0.265. The highest BCUT2D eigenvalue weighted by molar-refractivity contribution is 5.97. The van der Waals surface area contributed by atoms with Crippen LogP contribution in [-0.2, 0) is 4.74 Å². The van der Waals surface area contributed by atoms with Crippen molar-refractivity contribution in [2.75, 3.05) is 0 Å². The van der Waals surface area contributed by atoms with Crippen molar-refractivity contribution in [2.24, 2.45) is 0 Å². The number of ether oxygens (including phenoxy) is 1. The van der Waals surface area contributed by atoms with Gasteiger partial charge in [-0.3, -0.25) is 0 Å². The van der Waals surface area contributed by atoms with Crippen LogP contribution in [0.3, 0.4) is 0 Å². The molecule has 3 rings (SSSR count). The lowest BCUT2D eigenvalue weighted by Crippen LogP contribution is -2.01. The molecule has 0 fully saturated rings. The molecule has 0 atom stereocenters. The van der Waals surface area contributed by atoms with E-state index >= 15 is 0 Å². The quantitative estimate of drug-likeness (QED) is 0.694. The Morgan fingerprint density at radius 2 is 1.71 bits per heavy atom. The molecule has 0 unspecified atom stereocenters. The van der Waals surface area contributed by atoms with Gasteiger partial charge in [-0.05, 0) is 13.0 Å². The molecular weight excluding hydrogens is 212 g/mol. The van der Waals surface area contributed by atoms with E-state index in [1.165, 1.54) is 0 Å². The van der Waals surface area contributed by atoms with Gasteiger partial charge in [0.05, 0.1) is 5.56 Å². The van der Waals surface area contributed by atoms with E-state index in [4.69, 9.17) is 4.74 Å². The van der Waals surface area contributed by atoms with Gasteiger partial charge in [-0.25, -0.2) is 4.79 Å². The maximum atomic E-state index is 11.7. The Bertz CT molecular complexity index is 573. The number of carbonyl (C=O) groups excluding carboxylic acids is 1. The Kier molecular flexibility index (Phi) is 2.22. The minimum absolute atomic E-state index is 0.265. The van der Waals surface area contributed by atoms with Crippen LogP contribution in [0.4, 0.5) is 0 Å². The number of carbonyl (C=O) groups is 1. The van der Waals surface area contributed by atoms with Gasteiger partial charge in [0.2, 0.25) is 6.10 Å². The van der Waals surface area contributed by atoms with Gasteiger partial charge in [-0.1, -0.05) is 48.0 Å². The molecule has 2 heteroatoms. The topological polar surface area (TPSA) is 26.3 Å². The lowest BCUT2D eigenvalue weighted by molar-refractivity contribution is 0.0619. The van der Waals surface area contributed by atoms with Crippen LogP contribution in [0, 0.1) is 13.0 Å². The molecule has 83 valence electrons. The molecule has 2 aromatic carbocycles. The fourth-order valence-electron chi connectivity index (χ4n) is 2.03. The van der Waals surface area contributed by atoms with Crippen molar-refractivity contribution in [1.82, 2.24) is 0 Å². The van der Waals surface area contributed by atoms with Crippen LogP contribution in [0.1, 0.15) is 27.0 Å². The molecule has 0 bridgehead atoms. The summed E-state index contributed by atoms with van der Waals surface area (Å²) in [7, 11) is 0. The normalized spacial score (nSPS) is 14.5. The van der Waals surface area contributed by atoms with E-state index in [2.05, 4.69) is 0 Å². The minimum Gasteiger partial charge on any atom is -0.440 e.